The van der Waals surface area contributed by atoms with Crippen molar-refractivity contribution >= 4 is 79.0 Å². The number of sulfonamides is 1. The summed E-state index contributed by atoms with van der Waals surface area (Å²) in [5.74, 6) is -0.969. The van der Waals surface area contributed by atoms with Crippen molar-refractivity contribution < 1.29 is 22.8 Å². The minimum absolute atomic E-state index is 0.0447. The van der Waals surface area contributed by atoms with E-state index in [1.165, 1.54) is 23.1 Å². The van der Waals surface area contributed by atoms with E-state index in [9.17, 15) is 22.8 Å². The molecule has 1 fully saturated rings. The fraction of sp³-hybridized carbons (Fsp3) is 0.148. The first-order valence-electron chi connectivity index (χ1n) is 11.7. The molecule has 0 aromatic heterocycles. The molecule has 0 aliphatic carbocycles. The minimum atomic E-state index is -4.05. The van der Waals surface area contributed by atoms with Crippen molar-refractivity contribution in [3.05, 3.63) is 92.3 Å². The number of benzene rings is 3. The van der Waals surface area contributed by atoms with Crippen molar-refractivity contribution in [3.63, 3.8) is 0 Å². The standard InChI is InChI=1S/C27H21Cl2N3O5S2/c1-14(2)16-4-6-17(7-5-16)31-39(36,37)18-8-10-22-19(12-18)23(24-25(33)30-27(35)38-24)26(34)32(22)13-15-3-9-20(28)21(29)11-15/h3-12,14,31H,13H2,1-2H3,(H,30,33,35)/b24-23+. The van der Waals surface area contributed by atoms with Gasteiger partial charge in [-0.1, -0.05) is 55.2 Å². The van der Waals surface area contributed by atoms with Crippen LogP contribution in [0, 0.1) is 0 Å². The average molecular weight is 603 g/mol. The molecule has 2 aliphatic heterocycles. The normalized spacial score (nSPS) is 17.2. The van der Waals surface area contributed by atoms with Gasteiger partial charge in [0.25, 0.3) is 27.1 Å². The number of nitrogens with zero attached hydrogens (tertiary/aromatic N) is 1. The van der Waals surface area contributed by atoms with Crippen LogP contribution in [0.2, 0.25) is 10.0 Å². The van der Waals surface area contributed by atoms with Crippen molar-refractivity contribution in [2.75, 3.05) is 9.62 Å². The third kappa shape index (κ3) is 5.29. The highest BCUT2D eigenvalue weighted by molar-refractivity contribution is 8.18. The number of carbonyl (C=O) groups is 3. The molecule has 0 saturated carbocycles. The Bertz CT molecular complexity index is 1690. The van der Waals surface area contributed by atoms with Crippen LogP contribution in [0.3, 0.4) is 0 Å². The van der Waals surface area contributed by atoms with E-state index in [-0.39, 0.29) is 27.5 Å². The Morgan fingerprint density at radius 3 is 2.28 bits per heavy atom. The number of thioether (sulfide) groups is 1. The summed E-state index contributed by atoms with van der Waals surface area (Å²) < 4.78 is 29.2. The molecule has 8 nitrogen and oxygen atoms in total. The lowest BCUT2D eigenvalue weighted by atomic mass is 10.0. The minimum Gasteiger partial charge on any atom is -0.303 e. The molecule has 2 aliphatic rings. The van der Waals surface area contributed by atoms with Crippen LogP contribution in [0.25, 0.3) is 5.57 Å². The molecule has 0 atom stereocenters. The number of fused-ring (bicyclic) bond motifs is 1. The van der Waals surface area contributed by atoms with Crippen molar-refractivity contribution in [2.45, 2.75) is 31.2 Å². The maximum absolute atomic E-state index is 13.6. The Balaban J connectivity index is 1.56. The number of amides is 3. The Morgan fingerprint density at radius 2 is 1.67 bits per heavy atom. The molecule has 5 rings (SSSR count). The van der Waals surface area contributed by atoms with Crippen molar-refractivity contribution in [2.24, 2.45) is 0 Å². The van der Waals surface area contributed by atoms with Gasteiger partial charge < -0.3 is 4.90 Å². The molecular formula is C27H21Cl2N3O5S2. The molecule has 0 bridgehead atoms. The van der Waals surface area contributed by atoms with E-state index in [4.69, 9.17) is 23.2 Å². The summed E-state index contributed by atoms with van der Waals surface area (Å²) in [6, 6.07) is 16.2. The van der Waals surface area contributed by atoms with Crippen molar-refractivity contribution in [1.82, 2.24) is 5.32 Å². The third-order valence-corrected chi connectivity index (χ3v) is 9.29. The van der Waals surface area contributed by atoms with Crippen LogP contribution < -0.4 is 14.9 Å². The van der Waals surface area contributed by atoms with Gasteiger partial charge in [0.1, 0.15) is 0 Å². The maximum atomic E-state index is 13.6. The maximum Gasteiger partial charge on any atom is 0.290 e. The number of hydrogen-bond acceptors (Lipinski definition) is 6. The van der Waals surface area contributed by atoms with Crippen molar-refractivity contribution in [3.8, 4) is 0 Å². The van der Waals surface area contributed by atoms with E-state index in [0.717, 1.165) is 5.56 Å². The van der Waals surface area contributed by atoms with Gasteiger partial charge in [0, 0.05) is 11.3 Å². The zero-order chi connectivity index (χ0) is 28.1. The van der Waals surface area contributed by atoms with Crippen LogP contribution in [-0.4, -0.2) is 25.5 Å². The van der Waals surface area contributed by atoms with Crippen LogP contribution >= 0.6 is 35.0 Å². The molecule has 3 amide bonds. The van der Waals surface area contributed by atoms with Gasteiger partial charge >= 0.3 is 0 Å². The molecule has 0 radical (unpaired) electrons. The molecule has 12 heteroatoms. The van der Waals surface area contributed by atoms with Gasteiger partial charge in [0.05, 0.1) is 37.7 Å². The second kappa shape index (κ2) is 10.3. The van der Waals surface area contributed by atoms with E-state index in [2.05, 4.69) is 10.0 Å². The zero-order valence-corrected chi connectivity index (χ0v) is 23.8. The quantitative estimate of drug-likeness (QED) is 0.327. The first kappa shape index (κ1) is 27.3. The molecule has 3 aromatic rings. The highest BCUT2D eigenvalue weighted by atomic mass is 35.5. The SMILES string of the molecule is CC(C)c1ccc(NS(=O)(=O)c2ccc3c(c2)/C(=C2\SC(=O)NC2=O)C(=O)N3Cc2ccc(Cl)c(Cl)c2)cc1. The van der Waals surface area contributed by atoms with Crippen LogP contribution in [0.1, 0.15) is 36.5 Å². The number of imide groups is 1. The van der Waals surface area contributed by atoms with Gasteiger partial charge in [-0.3, -0.25) is 24.4 Å². The Morgan fingerprint density at radius 1 is 0.949 bits per heavy atom. The molecule has 3 aromatic carbocycles. The Hall–Kier alpha value is -3.31. The lowest BCUT2D eigenvalue weighted by molar-refractivity contribution is -0.116. The number of rotatable bonds is 6. The summed E-state index contributed by atoms with van der Waals surface area (Å²) in [5.41, 5.74) is 2.68. The fourth-order valence-electron chi connectivity index (χ4n) is 4.30. The number of nitrogens with one attached hydrogen (secondary N) is 2. The van der Waals surface area contributed by atoms with E-state index < -0.39 is 27.1 Å². The summed E-state index contributed by atoms with van der Waals surface area (Å²) in [7, 11) is -4.05. The molecule has 1 saturated heterocycles. The smallest absolute Gasteiger partial charge is 0.290 e. The molecule has 2 N–H and O–H groups in total. The predicted octanol–water partition coefficient (Wildman–Crippen LogP) is 6.16. The topological polar surface area (TPSA) is 113 Å². The van der Waals surface area contributed by atoms with E-state index in [1.54, 1.807) is 30.3 Å². The summed E-state index contributed by atoms with van der Waals surface area (Å²) in [4.78, 5) is 39.3. The van der Waals surface area contributed by atoms with Gasteiger partial charge in [-0.25, -0.2) is 8.42 Å². The van der Waals surface area contributed by atoms with Crippen LogP contribution in [0.4, 0.5) is 16.2 Å². The summed E-state index contributed by atoms with van der Waals surface area (Å²) >= 11 is 12.8. The number of carbonyl (C=O) groups excluding carboxylic acids is 3. The van der Waals surface area contributed by atoms with Crippen LogP contribution in [-0.2, 0) is 26.2 Å². The predicted molar refractivity (Wildman–Crippen MR) is 153 cm³/mol. The number of halogens is 2. The molecule has 0 unspecified atom stereocenters. The largest absolute Gasteiger partial charge is 0.303 e. The summed E-state index contributed by atoms with van der Waals surface area (Å²) in [6.07, 6.45) is 0. The monoisotopic (exact) mass is 601 g/mol. The highest BCUT2D eigenvalue weighted by Gasteiger charge is 2.40. The average Bonchev–Trinajstić information content (AvgIpc) is 3.35. The van der Waals surface area contributed by atoms with E-state index >= 15 is 0 Å². The molecule has 39 heavy (non-hydrogen) atoms. The van der Waals surface area contributed by atoms with Gasteiger partial charge in [-0.05, 0) is 71.3 Å². The second-order valence-electron chi connectivity index (χ2n) is 9.25. The third-order valence-electron chi connectivity index (χ3n) is 6.30. The lowest BCUT2D eigenvalue weighted by Gasteiger charge is -2.18. The zero-order valence-electron chi connectivity index (χ0n) is 20.6. The first-order chi connectivity index (χ1) is 18.4. The molecule has 200 valence electrons. The van der Waals surface area contributed by atoms with Crippen LogP contribution in [0.5, 0.6) is 0 Å². The molecular weight excluding hydrogens is 581 g/mol. The molecule has 0 spiro atoms. The number of anilines is 2. The van der Waals surface area contributed by atoms with Crippen molar-refractivity contribution in [1.29, 1.82) is 0 Å². The van der Waals surface area contributed by atoms with Gasteiger partial charge in [0.15, 0.2) is 0 Å². The van der Waals surface area contributed by atoms with E-state index in [1.807, 2.05) is 26.0 Å². The summed E-state index contributed by atoms with van der Waals surface area (Å²) in [5, 5.41) is 2.21. The molecule has 2 heterocycles. The van der Waals surface area contributed by atoms with Gasteiger partial charge in [-0.15, -0.1) is 0 Å². The Labute approximate surface area is 239 Å². The van der Waals surface area contributed by atoms with Crippen LogP contribution in [0.15, 0.2) is 70.5 Å². The van der Waals surface area contributed by atoms with E-state index in [0.29, 0.717) is 44.7 Å². The van der Waals surface area contributed by atoms with Gasteiger partial charge in [0.2, 0.25) is 0 Å². The summed E-state index contributed by atoms with van der Waals surface area (Å²) in [6.45, 7) is 4.16. The lowest BCUT2D eigenvalue weighted by Crippen LogP contribution is -2.26. The fourth-order valence-corrected chi connectivity index (χ4v) is 6.48. The first-order valence-corrected chi connectivity index (χ1v) is 14.8. The highest BCUT2D eigenvalue weighted by Crippen LogP contribution is 2.44. The van der Waals surface area contributed by atoms with Gasteiger partial charge in [-0.2, -0.15) is 0 Å². The Kier molecular flexibility index (Phi) is 7.23. The second-order valence-corrected chi connectivity index (χ2v) is 12.7. The number of hydrogen-bond donors (Lipinski definition) is 2.